The van der Waals surface area contributed by atoms with Gasteiger partial charge in [-0.25, -0.2) is 0 Å². The quantitative estimate of drug-likeness (QED) is 0.616. The van der Waals surface area contributed by atoms with Crippen LogP contribution in [0.2, 0.25) is 0 Å². The Bertz CT molecular complexity index is 135. The van der Waals surface area contributed by atoms with E-state index in [4.69, 9.17) is 10.8 Å². The highest BCUT2D eigenvalue weighted by Crippen LogP contribution is 2.16. The smallest absolute Gasteiger partial charge is 0.0611 e. The number of aliphatic hydroxyl groups excluding tert-OH is 1. The minimum atomic E-state index is -0.335. The first kappa shape index (κ1) is 14.3. The molecule has 86 valence electrons. The molecule has 0 amide bonds. The molecule has 0 fully saturated rings. The molecule has 3 N–H and O–H groups in total. The highest BCUT2D eigenvalue weighted by molar-refractivity contribution is 7.99. The largest absolute Gasteiger partial charge is 0.394 e. The molecule has 1 atom stereocenters. The van der Waals surface area contributed by atoms with Crippen LogP contribution in [0.3, 0.4) is 0 Å². The van der Waals surface area contributed by atoms with Gasteiger partial charge in [0.05, 0.1) is 6.61 Å². The van der Waals surface area contributed by atoms with Crippen molar-refractivity contribution in [1.82, 2.24) is 0 Å². The van der Waals surface area contributed by atoms with E-state index in [-0.39, 0.29) is 12.1 Å². The van der Waals surface area contributed by atoms with Crippen LogP contribution in [-0.2, 0) is 0 Å². The van der Waals surface area contributed by atoms with E-state index in [0.29, 0.717) is 0 Å². The normalized spacial score (nSPS) is 15.9. The van der Waals surface area contributed by atoms with Crippen LogP contribution < -0.4 is 5.73 Å². The maximum absolute atomic E-state index is 9.10. The van der Waals surface area contributed by atoms with Gasteiger partial charge in [0.1, 0.15) is 0 Å². The summed E-state index contributed by atoms with van der Waals surface area (Å²) in [6, 6.07) is 0. The van der Waals surface area contributed by atoms with Crippen LogP contribution in [-0.4, -0.2) is 28.8 Å². The lowest BCUT2D eigenvalue weighted by molar-refractivity contribution is 0.182. The first-order valence-electron chi connectivity index (χ1n) is 5.51. The summed E-state index contributed by atoms with van der Waals surface area (Å²) < 4.78 is 0. The summed E-state index contributed by atoms with van der Waals surface area (Å²) in [5.41, 5.74) is 5.64. The van der Waals surface area contributed by atoms with E-state index in [2.05, 4.69) is 13.8 Å². The van der Waals surface area contributed by atoms with Crippen LogP contribution in [0, 0.1) is 5.92 Å². The first-order valence-corrected chi connectivity index (χ1v) is 6.67. The van der Waals surface area contributed by atoms with E-state index in [0.717, 1.165) is 30.9 Å². The molecule has 0 spiro atoms. The molecular formula is C11H25NOS. The van der Waals surface area contributed by atoms with E-state index in [1.54, 1.807) is 0 Å². The Labute approximate surface area is 92.6 Å². The monoisotopic (exact) mass is 219 g/mol. The van der Waals surface area contributed by atoms with Crippen LogP contribution in [0.25, 0.3) is 0 Å². The zero-order chi connectivity index (χ0) is 11.0. The first-order chi connectivity index (χ1) is 6.54. The highest BCUT2D eigenvalue weighted by Gasteiger charge is 2.20. The lowest BCUT2D eigenvalue weighted by Crippen LogP contribution is -2.42. The second-order valence-corrected chi connectivity index (χ2v) is 5.60. The number of rotatable bonds is 8. The fraction of sp³-hybridized carbons (Fsp3) is 1.00. The van der Waals surface area contributed by atoms with Gasteiger partial charge in [-0.3, -0.25) is 0 Å². The number of hydrogen-bond donors (Lipinski definition) is 2. The van der Waals surface area contributed by atoms with Crippen molar-refractivity contribution in [2.24, 2.45) is 11.7 Å². The molecule has 0 aromatic rings. The minimum absolute atomic E-state index is 0.109. The Morgan fingerprint density at radius 1 is 1.43 bits per heavy atom. The summed E-state index contributed by atoms with van der Waals surface area (Å²) in [6.45, 7) is 6.62. The highest BCUT2D eigenvalue weighted by atomic mass is 32.2. The summed E-state index contributed by atoms with van der Waals surface area (Å²) in [5.74, 6) is 3.16. The molecule has 0 heterocycles. The van der Waals surface area contributed by atoms with E-state index < -0.39 is 0 Å². The Morgan fingerprint density at radius 3 is 2.50 bits per heavy atom. The van der Waals surface area contributed by atoms with Crippen molar-refractivity contribution in [1.29, 1.82) is 0 Å². The van der Waals surface area contributed by atoms with Crippen molar-refractivity contribution in [3.63, 3.8) is 0 Å². The molecule has 0 aliphatic heterocycles. The van der Waals surface area contributed by atoms with Crippen molar-refractivity contribution in [3.05, 3.63) is 0 Å². The molecule has 14 heavy (non-hydrogen) atoms. The maximum atomic E-state index is 9.10. The molecule has 2 nitrogen and oxygen atoms in total. The molecule has 0 aromatic carbocycles. The van der Waals surface area contributed by atoms with Gasteiger partial charge in [0, 0.05) is 5.54 Å². The van der Waals surface area contributed by atoms with Crippen LogP contribution in [0.4, 0.5) is 0 Å². The van der Waals surface area contributed by atoms with Gasteiger partial charge < -0.3 is 10.8 Å². The average molecular weight is 219 g/mol. The second kappa shape index (κ2) is 7.55. The van der Waals surface area contributed by atoms with E-state index >= 15 is 0 Å². The third-order valence-electron chi connectivity index (χ3n) is 2.43. The molecule has 3 heteroatoms. The fourth-order valence-corrected chi connectivity index (χ4v) is 2.20. The SMILES string of the molecule is CCC(N)(CO)CCCSCC(C)C. The predicted molar refractivity (Wildman–Crippen MR) is 65.7 cm³/mol. The van der Waals surface area contributed by atoms with Crippen molar-refractivity contribution in [3.8, 4) is 0 Å². The number of aliphatic hydroxyl groups is 1. The molecule has 0 rings (SSSR count). The predicted octanol–water partition coefficient (Wildman–Crippen LogP) is 2.26. The molecular weight excluding hydrogens is 194 g/mol. The summed E-state index contributed by atoms with van der Waals surface area (Å²) in [5, 5.41) is 9.10. The van der Waals surface area contributed by atoms with Crippen molar-refractivity contribution >= 4 is 11.8 Å². The molecule has 0 aliphatic rings. The van der Waals surface area contributed by atoms with E-state index in [1.165, 1.54) is 5.75 Å². The van der Waals surface area contributed by atoms with Crippen LogP contribution in [0.5, 0.6) is 0 Å². The van der Waals surface area contributed by atoms with Gasteiger partial charge in [0.25, 0.3) is 0 Å². The fourth-order valence-electron chi connectivity index (χ4n) is 1.21. The van der Waals surface area contributed by atoms with Crippen molar-refractivity contribution in [2.75, 3.05) is 18.1 Å². The molecule has 0 radical (unpaired) electrons. The molecule has 0 bridgehead atoms. The maximum Gasteiger partial charge on any atom is 0.0611 e. The third kappa shape index (κ3) is 6.68. The summed E-state index contributed by atoms with van der Waals surface area (Å²) in [6.07, 6.45) is 2.91. The second-order valence-electron chi connectivity index (χ2n) is 4.45. The number of thioether (sulfide) groups is 1. The molecule has 0 saturated heterocycles. The zero-order valence-electron chi connectivity index (χ0n) is 9.75. The lowest BCUT2D eigenvalue weighted by atomic mass is 9.93. The van der Waals surface area contributed by atoms with Crippen LogP contribution >= 0.6 is 11.8 Å². The van der Waals surface area contributed by atoms with Gasteiger partial charge in [-0.2, -0.15) is 11.8 Å². The van der Waals surface area contributed by atoms with Crippen molar-refractivity contribution < 1.29 is 5.11 Å². The van der Waals surface area contributed by atoms with Gasteiger partial charge in [-0.15, -0.1) is 0 Å². The average Bonchev–Trinajstić information content (AvgIpc) is 2.16. The van der Waals surface area contributed by atoms with Crippen LogP contribution in [0.1, 0.15) is 40.0 Å². The van der Waals surface area contributed by atoms with Gasteiger partial charge in [-0.1, -0.05) is 20.8 Å². The van der Waals surface area contributed by atoms with Crippen LogP contribution in [0.15, 0.2) is 0 Å². The Morgan fingerprint density at radius 2 is 2.07 bits per heavy atom. The van der Waals surface area contributed by atoms with Gasteiger partial charge >= 0.3 is 0 Å². The summed E-state index contributed by atoms with van der Waals surface area (Å²) >= 11 is 1.99. The summed E-state index contributed by atoms with van der Waals surface area (Å²) in [4.78, 5) is 0. The Hall–Kier alpha value is 0.270. The molecule has 0 aliphatic carbocycles. The van der Waals surface area contributed by atoms with Gasteiger partial charge in [0.15, 0.2) is 0 Å². The standard InChI is InChI=1S/C11H25NOS/c1-4-11(12,9-13)6-5-7-14-8-10(2)3/h10,13H,4-9,12H2,1-3H3. The lowest BCUT2D eigenvalue weighted by Gasteiger charge is -2.25. The van der Waals surface area contributed by atoms with E-state index in [9.17, 15) is 0 Å². The minimum Gasteiger partial charge on any atom is -0.394 e. The summed E-state index contributed by atoms with van der Waals surface area (Å²) in [7, 11) is 0. The van der Waals surface area contributed by atoms with Crippen molar-refractivity contribution in [2.45, 2.75) is 45.6 Å². The number of hydrogen-bond acceptors (Lipinski definition) is 3. The zero-order valence-corrected chi connectivity index (χ0v) is 10.6. The molecule has 0 aromatic heterocycles. The van der Waals surface area contributed by atoms with E-state index in [1.807, 2.05) is 18.7 Å². The Kier molecular flexibility index (Phi) is 7.69. The van der Waals surface area contributed by atoms with Gasteiger partial charge in [0.2, 0.25) is 0 Å². The molecule has 1 unspecified atom stereocenters. The topological polar surface area (TPSA) is 46.2 Å². The molecule has 0 saturated carbocycles. The third-order valence-corrected chi connectivity index (χ3v) is 3.91. The number of nitrogens with two attached hydrogens (primary N) is 1. The van der Waals surface area contributed by atoms with Gasteiger partial charge in [-0.05, 0) is 36.7 Å². The Balaban J connectivity index is 3.43.